The molecule has 1 aliphatic heterocycles. The third-order valence-corrected chi connectivity index (χ3v) is 7.47. The van der Waals surface area contributed by atoms with Crippen molar-refractivity contribution < 1.29 is 22.7 Å². The van der Waals surface area contributed by atoms with Crippen LogP contribution in [0.25, 0.3) is 0 Å². The minimum Gasteiger partial charge on any atom is -0.451 e. The van der Waals surface area contributed by atoms with E-state index in [4.69, 9.17) is 4.74 Å². The molecule has 9 heteroatoms. The number of para-hydroxylation sites is 1. The predicted molar refractivity (Wildman–Crippen MR) is 107 cm³/mol. The van der Waals surface area contributed by atoms with Crippen molar-refractivity contribution in [3.8, 4) is 0 Å². The molecule has 0 saturated carbocycles. The summed E-state index contributed by atoms with van der Waals surface area (Å²) in [6.07, 6.45) is 1.62. The first kappa shape index (κ1) is 20.5. The molecule has 150 valence electrons. The molecule has 2 aromatic rings. The van der Waals surface area contributed by atoms with Crippen molar-refractivity contribution >= 4 is 38.9 Å². The summed E-state index contributed by atoms with van der Waals surface area (Å²) in [4.78, 5) is 26.4. The van der Waals surface area contributed by atoms with Gasteiger partial charge in [0.15, 0.2) is 6.61 Å². The van der Waals surface area contributed by atoms with Crippen LogP contribution in [0.15, 0.2) is 46.7 Å². The summed E-state index contributed by atoms with van der Waals surface area (Å²) in [6.45, 7) is 2.70. The largest absolute Gasteiger partial charge is 0.451 e. The maximum Gasteiger partial charge on any atom is 0.350 e. The van der Waals surface area contributed by atoms with Gasteiger partial charge in [0, 0.05) is 25.3 Å². The van der Waals surface area contributed by atoms with Crippen molar-refractivity contribution in [1.29, 1.82) is 0 Å². The van der Waals surface area contributed by atoms with Crippen LogP contribution in [0.1, 0.15) is 29.4 Å². The minimum absolute atomic E-state index is 0.00228. The highest BCUT2D eigenvalue weighted by atomic mass is 32.2. The van der Waals surface area contributed by atoms with E-state index in [-0.39, 0.29) is 15.7 Å². The highest BCUT2D eigenvalue weighted by molar-refractivity contribution is 7.89. The Bertz CT molecular complexity index is 934. The predicted octanol–water partition coefficient (Wildman–Crippen LogP) is 2.74. The van der Waals surface area contributed by atoms with Crippen LogP contribution >= 0.6 is 11.3 Å². The Morgan fingerprint density at radius 1 is 1.14 bits per heavy atom. The van der Waals surface area contributed by atoms with Crippen molar-refractivity contribution in [3.63, 3.8) is 0 Å². The Labute approximate surface area is 168 Å². The number of amides is 1. The third kappa shape index (κ3) is 4.26. The molecule has 0 N–H and O–H groups in total. The summed E-state index contributed by atoms with van der Waals surface area (Å²) in [7, 11) is -3.73. The SMILES string of the molecule is CCN(C(=O)COC(=O)c1sccc1S(=O)(=O)N1CCCC1)c1ccccc1. The summed E-state index contributed by atoms with van der Waals surface area (Å²) >= 11 is 1.00. The fourth-order valence-corrected chi connectivity index (χ4v) is 5.90. The number of carbonyl (C=O) groups excluding carboxylic acids is 2. The highest BCUT2D eigenvalue weighted by Crippen LogP contribution is 2.28. The average Bonchev–Trinajstić information content (AvgIpc) is 3.40. The molecule has 0 aliphatic carbocycles. The van der Waals surface area contributed by atoms with Crippen LogP contribution in [0.3, 0.4) is 0 Å². The Hall–Kier alpha value is -2.23. The Balaban J connectivity index is 1.69. The van der Waals surface area contributed by atoms with Crippen LogP contribution in [0, 0.1) is 0 Å². The molecule has 0 unspecified atom stereocenters. The first-order chi connectivity index (χ1) is 13.4. The highest BCUT2D eigenvalue weighted by Gasteiger charge is 2.32. The van der Waals surface area contributed by atoms with E-state index in [9.17, 15) is 18.0 Å². The van der Waals surface area contributed by atoms with E-state index < -0.39 is 22.6 Å². The van der Waals surface area contributed by atoms with E-state index in [0.717, 1.165) is 24.2 Å². The maximum absolute atomic E-state index is 12.7. The Morgan fingerprint density at radius 2 is 1.82 bits per heavy atom. The molecule has 1 fully saturated rings. The molecule has 0 radical (unpaired) electrons. The molecule has 1 saturated heterocycles. The number of carbonyl (C=O) groups is 2. The van der Waals surface area contributed by atoms with Gasteiger partial charge in [-0.1, -0.05) is 18.2 Å². The van der Waals surface area contributed by atoms with Crippen molar-refractivity contribution in [2.45, 2.75) is 24.7 Å². The van der Waals surface area contributed by atoms with Gasteiger partial charge < -0.3 is 9.64 Å². The van der Waals surface area contributed by atoms with Gasteiger partial charge in [0.25, 0.3) is 5.91 Å². The molecule has 0 atom stereocenters. The molecular weight excluding hydrogens is 400 g/mol. The zero-order valence-electron chi connectivity index (χ0n) is 15.5. The zero-order chi connectivity index (χ0) is 20.1. The van der Waals surface area contributed by atoms with Gasteiger partial charge in [-0.3, -0.25) is 4.79 Å². The smallest absolute Gasteiger partial charge is 0.350 e. The van der Waals surface area contributed by atoms with E-state index in [1.807, 2.05) is 25.1 Å². The molecular formula is C19H22N2O5S2. The standard InChI is InChI=1S/C19H22N2O5S2/c1-2-21(15-8-4-3-5-9-15)17(22)14-26-19(23)18-16(10-13-27-18)28(24,25)20-11-6-7-12-20/h3-5,8-10,13H,2,6-7,11-12,14H2,1H3. The van der Waals surface area contributed by atoms with E-state index >= 15 is 0 Å². The van der Waals surface area contributed by atoms with E-state index in [2.05, 4.69) is 0 Å². The lowest BCUT2D eigenvalue weighted by Crippen LogP contribution is -2.34. The van der Waals surface area contributed by atoms with Gasteiger partial charge in [0.05, 0.1) is 0 Å². The molecule has 1 amide bonds. The number of hydrogen-bond acceptors (Lipinski definition) is 6. The molecule has 2 heterocycles. The van der Waals surface area contributed by atoms with E-state index in [1.165, 1.54) is 15.3 Å². The summed E-state index contributed by atoms with van der Waals surface area (Å²) in [6, 6.07) is 10.5. The average molecular weight is 423 g/mol. The number of thiophene rings is 1. The number of hydrogen-bond donors (Lipinski definition) is 0. The van der Waals surface area contributed by atoms with Crippen LogP contribution < -0.4 is 4.90 Å². The van der Waals surface area contributed by atoms with Crippen LogP contribution in [-0.2, 0) is 19.6 Å². The lowest BCUT2D eigenvalue weighted by atomic mass is 10.3. The van der Waals surface area contributed by atoms with Crippen LogP contribution in [0.4, 0.5) is 5.69 Å². The Kier molecular flexibility index (Phi) is 6.48. The van der Waals surface area contributed by atoms with Gasteiger partial charge in [-0.05, 0) is 43.3 Å². The lowest BCUT2D eigenvalue weighted by molar-refractivity contribution is -0.121. The summed E-state index contributed by atoms with van der Waals surface area (Å²) in [5, 5.41) is 1.55. The molecule has 1 aromatic carbocycles. The number of ether oxygens (including phenoxy) is 1. The van der Waals surface area contributed by atoms with E-state index in [1.54, 1.807) is 17.5 Å². The molecule has 28 heavy (non-hydrogen) atoms. The molecule has 1 aliphatic rings. The van der Waals surface area contributed by atoms with Crippen LogP contribution in [0.5, 0.6) is 0 Å². The number of rotatable bonds is 7. The van der Waals surface area contributed by atoms with Crippen molar-refractivity contribution in [2.75, 3.05) is 31.1 Å². The molecule has 3 rings (SSSR count). The van der Waals surface area contributed by atoms with Gasteiger partial charge in [0.1, 0.15) is 9.77 Å². The molecule has 7 nitrogen and oxygen atoms in total. The second-order valence-electron chi connectivity index (χ2n) is 6.27. The minimum atomic E-state index is -3.73. The monoisotopic (exact) mass is 422 g/mol. The third-order valence-electron chi connectivity index (χ3n) is 4.51. The summed E-state index contributed by atoms with van der Waals surface area (Å²) < 4.78 is 32.0. The van der Waals surface area contributed by atoms with Crippen molar-refractivity contribution in [2.24, 2.45) is 0 Å². The maximum atomic E-state index is 12.7. The van der Waals surface area contributed by atoms with Crippen LogP contribution in [0.2, 0.25) is 0 Å². The summed E-state index contributed by atoms with van der Waals surface area (Å²) in [5.74, 6) is -1.17. The zero-order valence-corrected chi connectivity index (χ0v) is 17.2. The normalized spacial score (nSPS) is 14.8. The number of sulfonamides is 1. The van der Waals surface area contributed by atoms with Gasteiger partial charge in [-0.2, -0.15) is 4.31 Å². The fourth-order valence-electron chi connectivity index (χ4n) is 3.10. The number of esters is 1. The first-order valence-corrected chi connectivity index (χ1v) is 11.4. The number of nitrogens with zero attached hydrogens (tertiary/aromatic N) is 2. The second-order valence-corrected chi connectivity index (χ2v) is 9.10. The summed E-state index contributed by atoms with van der Waals surface area (Å²) in [5.41, 5.74) is 0.708. The number of anilines is 1. The van der Waals surface area contributed by atoms with Crippen LogP contribution in [-0.4, -0.2) is 50.8 Å². The molecule has 1 aromatic heterocycles. The first-order valence-electron chi connectivity index (χ1n) is 9.05. The van der Waals surface area contributed by atoms with E-state index in [0.29, 0.717) is 25.3 Å². The van der Waals surface area contributed by atoms with Crippen molar-refractivity contribution in [3.05, 3.63) is 46.7 Å². The second kappa shape index (κ2) is 8.85. The topological polar surface area (TPSA) is 84.0 Å². The van der Waals surface area contributed by atoms with Crippen molar-refractivity contribution in [1.82, 2.24) is 4.31 Å². The quantitative estimate of drug-likeness (QED) is 0.641. The Morgan fingerprint density at radius 3 is 2.46 bits per heavy atom. The fraction of sp³-hybridized carbons (Fsp3) is 0.368. The number of likely N-dealkylation sites (N-methyl/N-ethyl adjacent to an activating group) is 1. The van der Waals surface area contributed by atoms with Gasteiger partial charge in [-0.15, -0.1) is 11.3 Å². The van der Waals surface area contributed by atoms with Gasteiger partial charge in [0.2, 0.25) is 10.0 Å². The number of benzene rings is 1. The molecule has 0 spiro atoms. The van der Waals surface area contributed by atoms with Gasteiger partial charge >= 0.3 is 5.97 Å². The van der Waals surface area contributed by atoms with Gasteiger partial charge in [-0.25, -0.2) is 13.2 Å². The lowest BCUT2D eigenvalue weighted by Gasteiger charge is -2.20. The molecule has 0 bridgehead atoms.